The standard InChI is InChI=1S/C21H22F3N3OS/c1-2-3-27-17-16(18(28)26-19(27)29)14(21(22,23)24)7-15(25-17)20-8-11-4-12(9-20)6-13(5-11)10-20/h2,7,11-13H,1,3-6,8-10H2,(H,26,28,29). The molecule has 4 bridgehead atoms. The molecule has 29 heavy (non-hydrogen) atoms. The molecule has 0 atom stereocenters. The van der Waals surface area contributed by atoms with Crippen molar-refractivity contribution in [3.63, 3.8) is 0 Å². The number of aromatic nitrogens is 3. The predicted octanol–water partition coefficient (Wildman–Crippen LogP) is 5.13. The molecule has 2 aromatic rings. The summed E-state index contributed by atoms with van der Waals surface area (Å²) in [6, 6.07) is 1.14. The fourth-order valence-corrected chi connectivity index (χ4v) is 6.75. The van der Waals surface area contributed by atoms with Gasteiger partial charge in [0.1, 0.15) is 5.65 Å². The molecule has 0 saturated heterocycles. The Morgan fingerprint density at radius 2 is 1.83 bits per heavy atom. The Morgan fingerprint density at radius 1 is 1.24 bits per heavy atom. The smallest absolute Gasteiger partial charge is 0.299 e. The topological polar surface area (TPSA) is 50.7 Å². The molecule has 4 fully saturated rings. The van der Waals surface area contributed by atoms with E-state index in [2.05, 4.69) is 11.6 Å². The van der Waals surface area contributed by atoms with Gasteiger partial charge in [-0.2, -0.15) is 13.2 Å². The summed E-state index contributed by atoms with van der Waals surface area (Å²) in [6.45, 7) is 3.85. The fraction of sp³-hybridized carbons (Fsp3) is 0.571. The molecule has 4 nitrogen and oxygen atoms in total. The number of hydrogen-bond donors (Lipinski definition) is 1. The van der Waals surface area contributed by atoms with Gasteiger partial charge in [0, 0.05) is 17.7 Å². The highest BCUT2D eigenvalue weighted by molar-refractivity contribution is 7.71. The second-order valence-corrected chi connectivity index (χ2v) is 9.49. The van der Waals surface area contributed by atoms with Crippen LogP contribution in [0.1, 0.15) is 49.8 Å². The molecule has 0 aliphatic heterocycles. The summed E-state index contributed by atoms with van der Waals surface area (Å²) in [7, 11) is 0. The van der Waals surface area contributed by atoms with Crippen LogP contribution in [-0.4, -0.2) is 14.5 Å². The molecule has 6 rings (SSSR count). The molecule has 2 heterocycles. The van der Waals surface area contributed by atoms with E-state index in [9.17, 15) is 18.0 Å². The molecule has 0 radical (unpaired) electrons. The van der Waals surface area contributed by atoms with Crippen LogP contribution in [0, 0.1) is 22.5 Å². The van der Waals surface area contributed by atoms with E-state index in [-0.39, 0.29) is 22.4 Å². The number of H-pyrrole nitrogens is 1. The quantitative estimate of drug-likeness (QED) is 0.552. The first-order valence-corrected chi connectivity index (χ1v) is 10.5. The fourth-order valence-electron chi connectivity index (χ4n) is 6.49. The van der Waals surface area contributed by atoms with Crippen LogP contribution >= 0.6 is 12.2 Å². The van der Waals surface area contributed by atoms with Crippen molar-refractivity contribution in [1.82, 2.24) is 14.5 Å². The van der Waals surface area contributed by atoms with E-state index >= 15 is 0 Å². The molecule has 154 valence electrons. The van der Waals surface area contributed by atoms with Crippen molar-refractivity contribution in [3.8, 4) is 0 Å². The minimum atomic E-state index is -4.65. The lowest BCUT2D eigenvalue weighted by atomic mass is 9.48. The summed E-state index contributed by atoms with van der Waals surface area (Å²) in [6.07, 6.45) is 3.11. The summed E-state index contributed by atoms with van der Waals surface area (Å²) in [5.74, 6) is 1.71. The molecular weight excluding hydrogens is 399 g/mol. The van der Waals surface area contributed by atoms with Gasteiger partial charge < -0.3 is 0 Å². The Hall–Kier alpha value is -1.96. The Morgan fingerprint density at radius 3 is 2.34 bits per heavy atom. The van der Waals surface area contributed by atoms with Crippen molar-refractivity contribution in [3.05, 3.63) is 45.1 Å². The number of allylic oxidation sites excluding steroid dienone is 1. The van der Waals surface area contributed by atoms with Gasteiger partial charge in [0.25, 0.3) is 5.56 Å². The van der Waals surface area contributed by atoms with E-state index in [1.807, 2.05) is 0 Å². The molecular formula is C21H22F3N3OS. The normalized spacial score (nSPS) is 30.8. The highest BCUT2D eigenvalue weighted by atomic mass is 32.1. The first-order valence-electron chi connectivity index (χ1n) is 10.1. The second kappa shape index (κ2) is 6.27. The van der Waals surface area contributed by atoms with E-state index in [1.54, 1.807) is 6.08 Å². The molecule has 0 aromatic carbocycles. The number of rotatable bonds is 3. The van der Waals surface area contributed by atoms with E-state index in [4.69, 9.17) is 17.2 Å². The number of alkyl halides is 3. The molecule has 0 amide bonds. The Bertz CT molecular complexity index is 1100. The number of pyridine rings is 1. The average Bonchev–Trinajstić information content (AvgIpc) is 2.62. The molecule has 1 N–H and O–H groups in total. The number of aromatic amines is 1. The third-order valence-electron chi connectivity index (χ3n) is 7.15. The summed E-state index contributed by atoms with van der Waals surface area (Å²) >= 11 is 5.22. The maximum atomic E-state index is 14.0. The monoisotopic (exact) mass is 421 g/mol. The van der Waals surface area contributed by atoms with Gasteiger partial charge in [-0.05, 0) is 74.6 Å². The number of hydrogen-bond acceptors (Lipinski definition) is 3. The Balaban J connectivity index is 1.82. The van der Waals surface area contributed by atoms with Crippen molar-refractivity contribution in [2.45, 2.75) is 56.7 Å². The van der Waals surface area contributed by atoms with Crippen LogP contribution in [-0.2, 0) is 18.1 Å². The van der Waals surface area contributed by atoms with Gasteiger partial charge in [-0.15, -0.1) is 6.58 Å². The number of fused-ring (bicyclic) bond motifs is 1. The molecule has 0 spiro atoms. The summed E-state index contributed by atoms with van der Waals surface area (Å²) < 4.78 is 43.6. The maximum absolute atomic E-state index is 14.0. The predicted molar refractivity (Wildman–Crippen MR) is 106 cm³/mol. The van der Waals surface area contributed by atoms with Gasteiger partial charge in [-0.1, -0.05) is 6.08 Å². The maximum Gasteiger partial charge on any atom is 0.417 e. The highest BCUT2D eigenvalue weighted by Gasteiger charge is 2.53. The molecule has 4 aliphatic carbocycles. The van der Waals surface area contributed by atoms with Gasteiger partial charge in [0.15, 0.2) is 4.77 Å². The lowest BCUT2D eigenvalue weighted by Gasteiger charge is -2.56. The van der Waals surface area contributed by atoms with Crippen molar-refractivity contribution < 1.29 is 13.2 Å². The van der Waals surface area contributed by atoms with Gasteiger partial charge in [-0.25, -0.2) is 4.98 Å². The molecule has 2 aromatic heterocycles. The van der Waals surface area contributed by atoms with Crippen molar-refractivity contribution in [1.29, 1.82) is 0 Å². The van der Waals surface area contributed by atoms with Crippen molar-refractivity contribution >= 4 is 23.3 Å². The van der Waals surface area contributed by atoms with E-state index in [0.29, 0.717) is 23.4 Å². The average molecular weight is 421 g/mol. The van der Waals surface area contributed by atoms with E-state index in [0.717, 1.165) is 25.3 Å². The Labute approximate surface area is 170 Å². The summed E-state index contributed by atoms with van der Waals surface area (Å²) in [4.78, 5) is 19.6. The van der Waals surface area contributed by atoms with Crippen LogP contribution < -0.4 is 5.56 Å². The van der Waals surface area contributed by atoms with Crippen LogP contribution in [0.25, 0.3) is 11.0 Å². The molecule has 4 saturated carbocycles. The van der Waals surface area contributed by atoms with Crippen LogP contribution in [0.2, 0.25) is 0 Å². The minimum absolute atomic E-state index is 0.0132. The van der Waals surface area contributed by atoms with Crippen LogP contribution in [0.3, 0.4) is 0 Å². The van der Waals surface area contributed by atoms with E-state index in [1.165, 1.54) is 23.8 Å². The summed E-state index contributed by atoms with van der Waals surface area (Å²) in [5.41, 5.74) is -1.59. The van der Waals surface area contributed by atoms with E-state index < -0.39 is 22.7 Å². The number of nitrogens with zero attached hydrogens (tertiary/aromatic N) is 2. The third-order valence-corrected chi connectivity index (χ3v) is 7.47. The molecule has 8 heteroatoms. The first kappa shape index (κ1) is 19.0. The zero-order valence-corrected chi connectivity index (χ0v) is 16.7. The number of halogens is 3. The van der Waals surface area contributed by atoms with Crippen LogP contribution in [0.4, 0.5) is 13.2 Å². The van der Waals surface area contributed by atoms with Crippen LogP contribution in [0.15, 0.2) is 23.5 Å². The minimum Gasteiger partial charge on any atom is -0.299 e. The largest absolute Gasteiger partial charge is 0.417 e. The van der Waals surface area contributed by atoms with Crippen molar-refractivity contribution in [2.24, 2.45) is 17.8 Å². The second-order valence-electron chi connectivity index (χ2n) is 9.11. The van der Waals surface area contributed by atoms with Gasteiger partial charge in [0.05, 0.1) is 10.9 Å². The Kier molecular flexibility index (Phi) is 4.11. The summed E-state index contributed by atoms with van der Waals surface area (Å²) in [5, 5.41) is -0.443. The van der Waals surface area contributed by atoms with Crippen LogP contribution in [0.5, 0.6) is 0 Å². The molecule has 0 unspecified atom stereocenters. The SMILES string of the molecule is C=CCn1c(=S)[nH]c(=O)c2c(C(F)(F)F)cc(C34CC5CC(CC(C5)C3)C4)nc21. The lowest BCUT2D eigenvalue weighted by Crippen LogP contribution is -2.49. The third kappa shape index (κ3) is 2.90. The number of nitrogens with one attached hydrogen (secondary N) is 1. The van der Waals surface area contributed by atoms with Crippen molar-refractivity contribution in [2.75, 3.05) is 0 Å². The van der Waals surface area contributed by atoms with Gasteiger partial charge >= 0.3 is 6.18 Å². The lowest BCUT2D eigenvalue weighted by molar-refractivity contribution is -0.136. The van der Waals surface area contributed by atoms with Gasteiger partial charge in [-0.3, -0.25) is 14.3 Å². The zero-order chi connectivity index (χ0) is 20.6. The van der Waals surface area contributed by atoms with Gasteiger partial charge in [0.2, 0.25) is 0 Å². The zero-order valence-electron chi connectivity index (χ0n) is 15.9. The first-order chi connectivity index (χ1) is 13.7. The molecule has 4 aliphatic rings. The highest BCUT2D eigenvalue weighted by Crippen LogP contribution is 2.60.